The highest BCUT2D eigenvalue weighted by Gasteiger charge is 2.34. The minimum atomic E-state index is -0.364. The molecular formula is C23H23FN4O. The maximum absolute atomic E-state index is 13.9. The Morgan fingerprint density at radius 1 is 1.21 bits per heavy atom. The van der Waals surface area contributed by atoms with Crippen LogP contribution in [-0.4, -0.2) is 20.9 Å². The third kappa shape index (κ3) is 4.31. The topological polar surface area (TPSA) is 67.8 Å². The number of carbonyl (C=O) groups is 1. The smallest absolute Gasteiger partial charge is 0.225 e. The largest absolute Gasteiger partial charge is 0.349 e. The zero-order chi connectivity index (χ0) is 20.4. The van der Waals surface area contributed by atoms with Gasteiger partial charge in [0.1, 0.15) is 5.82 Å². The summed E-state index contributed by atoms with van der Waals surface area (Å²) in [5.41, 5.74) is 3.16. The average Bonchev–Trinajstić information content (AvgIpc) is 2.69. The summed E-state index contributed by atoms with van der Waals surface area (Å²) in [4.78, 5) is 26.0. The van der Waals surface area contributed by atoms with Gasteiger partial charge in [-0.1, -0.05) is 32.0 Å². The zero-order valence-electron chi connectivity index (χ0n) is 16.5. The van der Waals surface area contributed by atoms with E-state index in [1.165, 1.54) is 6.07 Å². The fourth-order valence-corrected chi connectivity index (χ4v) is 3.88. The van der Waals surface area contributed by atoms with Gasteiger partial charge in [0.15, 0.2) is 5.82 Å². The quantitative estimate of drug-likeness (QED) is 0.730. The van der Waals surface area contributed by atoms with Gasteiger partial charge in [0.2, 0.25) is 5.91 Å². The van der Waals surface area contributed by atoms with E-state index in [-0.39, 0.29) is 29.6 Å². The predicted molar refractivity (Wildman–Crippen MR) is 108 cm³/mol. The Labute approximate surface area is 169 Å². The first kappa shape index (κ1) is 19.2. The number of amides is 1. The molecule has 0 radical (unpaired) electrons. The van der Waals surface area contributed by atoms with Gasteiger partial charge in [0.05, 0.1) is 18.2 Å². The number of aromatic nitrogens is 3. The minimum Gasteiger partial charge on any atom is -0.349 e. The standard InChI is InChI=1S/C23H23FN4O/c1-23(2)12-19(27-21(29)11-16-5-3-4-6-18(16)24)17-14-26-22(28-20(17)13-23)15-7-9-25-10-8-15/h3-10,14,19H,11-13H2,1-2H3,(H,27,29)/t19-/m0/s1. The first-order chi connectivity index (χ1) is 13.9. The molecule has 1 N–H and O–H groups in total. The van der Waals surface area contributed by atoms with E-state index >= 15 is 0 Å². The second-order valence-corrected chi connectivity index (χ2v) is 8.26. The van der Waals surface area contributed by atoms with Gasteiger partial charge < -0.3 is 5.32 Å². The van der Waals surface area contributed by atoms with Crippen LogP contribution in [0.5, 0.6) is 0 Å². The molecule has 1 amide bonds. The zero-order valence-corrected chi connectivity index (χ0v) is 16.5. The molecule has 5 nitrogen and oxygen atoms in total. The van der Waals surface area contributed by atoms with E-state index in [0.717, 1.165) is 29.7 Å². The number of pyridine rings is 1. The lowest BCUT2D eigenvalue weighted by Crippen LogP contribution is -2.38. The van der Waals surface area contributed by atoms with Crippen LogP contribution in [0.3, 0.4) is 0 Å². The van der Waals surface area contributed by atoms with Crippen LogP contribution < -0.4 is 5.32 Å². The van der Waals surface area contributed by atoms with Gasteiger partial charge in [-0.3, -0.25) is 9.78 Å². The summed E-state index contributed by atoms with van der Waals surface area (Å²) in [5.74, 6) is 0.0830. The van der Waals surface area contributed by atoms with Crippen molar-refractivity contribution in [3.05, 3.63) is 77.6 Å². The van der Waals surface area contributed by atoms with Crippen molar-refractivity contribution < 1.29 is 9.18 Å². The molecule has 29 heavy (non-hydrogen) atoms. The summed E-state index contributed by atoms with van der Waals surface area (Å²) in [7, 11) is 0. The van der Waals surface area contributed by atoms with Crippen molar-refractivity contribution in [1.82, 2.24) is 20.3 Å². The summed E-state index contributed by atoms with van der Waals surface area (Å²) >= 11 is 0. The van der Waals surface area contributed by atoms with E-state index in [0.29, 0.717) is 11.4 Å². The monoisotopic (exact) mass is 390 g/mol. The molecule has 1 aromatic carbocycles. The van der Waals surface area contributed by atoms with Crippen molar-refractivity contribution >= 4 is 5.91 Å². The highest BCUT2D eigenvalue weighted by atomic mass is 19.1. The number of nitrogens with one attached hydrogen (secondary N) is 1. The maximum Gasteiger partial charge on any atom is 0.225 e. The van der Waals surface area contributed by atoms with Gasteiger partial charge in [-0.25, -0.2) is 14.4 Å². The summed E-state index contributed by atoms with van der Waals surface area (Å²) in [5, 5.41) is 3.07. The molecule has 0 saturated heterocycles. The predicted octanol–water partition coefficient (Wildman–Crippen LogP) is 4.05. The molecule has 148 valence electrons. The third-order valence-corrected chi connectivity index (χ3v) is 5.26. The average molecular weight is 390 g/mol. The number of nitrogens with zero attached hydrogens (tertiary/aromatic N) is 3. The Morgan fingerprint density at radius 2 is 1.97 bits per heavy atom. The van der Waals surface area contributed by atoms with Crippen molar-refractivity contribution in [2.24, 2.45) is 5.41 Å². The van der Waals surface area contributed by atoms with E-state index < -0.39 is 0 Å². The number of fused-ring (bicyclic) bond motifs is 1. The maximum atomic E-state index is 13.9. The van der Waals surface area contributed by atoms with Gasteiger partial charge in [-0.05, 0) is 42.0 Å². The summed E-state index contributed by atoms with van der Waals surface area (Å²) in [6, 6.07) is 9.92. The molecule has 0 unspecified atom stereocenters. The van der Waals surface area contributed by atoms with E-state index in [1.807, 2.05) is 12.1 Å². The molecule has 2 aromatic heterocycles. The fourth-order valence-electron chi connectivity index (χ4n) is 3.88. The van der Waals surface area contributed by atoms with E-state index in [2.05, 4.69) is 29.1 Å². The number of rotatable bonds is 4. The summed E-state index contributed by atoms with van der Waals surface area (Å²) < 4.78 is 13.9. The molecule has 3 aromatic rings. The van der Waals surface area contributed by atoms with Crippen LogP contribution in [0.2, 0.25) is 0 Å². The molecule has 4 rings (SSSR count). The Hall–Kier alpha value is -3.15. The van der Waals surface area contributed by atoms with Crippen LogP contribution in [0, 0.1) is 11.2 Å². The van der Waals surface area contributed by atoms with Crippen LogP contribution in [-0.2, 0) is 17.6 Å². The second-order valence-electron chi connectivity index (χ2n) is 8.26. The number of carbonyl (C=O) groups excluding carboxylic acids is 1. The first-order valence-electron chi connectivity index (χ1n) is 9.70. The fraction of sp³-hybridized carbons (Fsp3) is 0.304. The van der Waals surface area contributed by atoms with E-state index in [4.69, 9.17) is 4.98 Å². The molecular weight excluding hydrogens is 367 g/mol. The molecule has 1 aliphatic carbocycles. The first-order valence-corrected chi connectivity index (χ1v) is 9.70. The van der Waals surface area contributed by atoms with Crippen LogP contribution >= 0.6 is 0 Å². The lowest BCUT2D eigenvalue weighted by Gasteiger charge is -2.36. The molecule has 0 fully saturated rings. The molecule has 1 atom stereocenters. The van der Waals surface area contributed by atoms with Crippen molar-refractivity contribution in [2.45, 2.75) is 39.2 Å². The molecule has 1 aliphatic rings. The highest BCUT2D eigenvalue weighted by molar-refractivity contribution is 5.79. The molecule has 0 saturated carbocycles. The molecule has 0 bridgehead atoms. The normalized spacial score (nSPS) is 17.4. The van der Waals surface area contributed by atoms with E-state index in [9.17, 15) is 9.18 Å². The number of benzene rings is 1. The van der Waals surface area contributed by atoms with E-state index in [1.54, 1.807) is 36.8 Å². The van der Waals surface area contributed by atoms with Crippen molar-refractivity contribution in [2.75, 3.05) is 0 Å². The molecule has 2 heterocycles. The van der Waals surface area contributed by atoms with Crippen molar-refractivity contribution in [3.8, 4) is 11.4 Å². The Morgan fingerprint density at radius 3 is 2.72 bits per heavy atom. The van der Waals surface area contributed by atoms with Crippen LogP contribution in [0.15, 0.2) is 55.0 Å². The van der Waals surface area contributed by atoms with Crippen molar-refractivity contribution in [1.29, 1.82) is 0 Å². The lowest BCUT2D eigenvalue weighted by atomic mass is 9.74. The van der Waals surface area contributed by atoms with Crippen LogP contribution in [0.4, 0.5) is 4.39 Å². The van der Waals surface area contributed by atoms with Crippen LogP contribution in [0.1, 0.15) is 43.1 Å². The third-order valence-electron chi connectivity index (χ3n) is 5.26. The van der Waals surface area contributed by atoms with Crippen molar-refractivity contribution in [3.63, 3.8) is 0 Å². The lowest BCUT2D eigenvalue weighted by molar-refractivity contribution is -0.121. The van der Waals surface area contributed by atoms with Gasteiger partial charge in [-0.2, -0.15) is 0 Å². The van der Waals surface area contributed by atoms with Gasteiger partial charge in [0.25, 0.3) is 0 Å². The van der Waals surface area contributed by atoms with Gasteiger partial charge >= 0.3 is 0 Å². The second kappa shape index (κ2) is 7.70. The molecule has 0 spiro atoms. The van der Waals surface area contributed by atoms with Gasteiger partial charge in [0, 0.05) is 29.7 Å². The minimum absolute atomic E-state index is 0.00882. The summed E-state index contributed by atoms with van der Waals surface area (Å²) in [6.45, 7) is 4.33. The number of halogens is 1. The Balaban J connectivity index is 1.59. The summed E-state index contributed by atoms with van der Waals surface area (Å²) in [6.07, 6.45) is 6.83. The molecule has 0 aliphatic heterocycles. The SMILES string of the molecule is CC1(C)Cc2nc(-c3ccncc3)ncc2[C@@H](NC(=O)Cc2ccccc2F)C1. The van der Waals surface area contributed by atoms with Crippen LogP contribution in [0.25, 0.3) is 11.4 Å². The number of hydrogen-bond acceptors (Lipinski definition) is 4. The number of hydrogen-bond donors (Lipinski definition) is 1. The Kier molecular flexibility index (Phi) is 5.09. The van der Waals surface area contributed by atoms with Gasteiger partial charge in [-0.15, -0.1) is 0 Å². The Bertz CT molecular complexity index is 1040. The highest BCUT2D eigenvalue weighted by Crippen LogP contribution is 2.40. The molecule has 6 heteroatoms.